The molecule has 0 radical (unpaired) electrons. The van der Waals surface area contributed by atoms with Crippen LogP contribution in [0.3, 0.4) is 0 Å². The van der Waals surface area contributed by atoms with E-state index in [-0.39, 0.29) is 24.2 Å². The van der Waals surface area contributed by atoms with Crippen LogP contribution in [0, 0.1) is 0 Å². The van der Waals surface area contributed by atoms with E-state index in [0.717, 1.165) is 6.54 Å². The quantitative estimate of drug-likeness (QED) is 0.450. The minimum Gasteiger partial charge on any atom is -0.355 e. The summed E-state index contributed by atoms with van der Waals surface area (Å²) < 4.78 is 0. The van der Waals surface area contributed by atoms with Crippen LogP contribution in [0.4, 0.5) is 0 Å². The summed E-state index contributed by atoms with van der Waals surface area (Å²) >= 11 is 1.50. The molecule has 0 atom stereocenters. The van der Waals surface area contributed by atoms with Gasteiger partial charge in [0, 0.05) is 43.0 Å². The van der Waals surface area contributed by atoms with E-state index in [1.165, 1.54) is 49.9 Å². The van der Waals surface area contributed by atoms with Crippen molar-refractivity contribution in [2.45, 2.75) is 57.4 Å². The molecule has 7 heteroatoms. The van der Waals surface area contributed by atoms with Crippen molar-refractivity contribution in [1.29, 1.82) is 0 Å². The Labute approximate surface area is 160 Å². The molecular weight excluding hydrogens is 358 g/mol. The number of nitrogens with one attached hydrogen (secondary N) is 3. The van der Waals surface area contributed by atoms with Gasteiger partial charge >= 0.3 is 0 Å². The second-order valence-electron chi connectivity index (χ2n) is 6.36. The van der Waals surface area contributed by atoms with Gasteiger partial charge in [0.05, 0.1) is 0 Å². The molecule has 1 aromatic heterocycles. The summed E-state index contributed by atoms with van der Waals surface area (Å²) in [6, 6.07) is 2.42. The zero-order valence-corrected chi connectivity index (χ0v) is 16.4. The minimum atomic E-state index is -0.0655. The first-order chi connectivity index (χ1) is 11.8. The van der Waals surface area contributed by atoms with Crippen LogP contribution in [0.25, 0.3) is 0 Å². The number of thiophene rings is 1. The SMILES string of the molecule is Cl.O=C(CCCNC(=O)c1ccsc1)NCCNC1CCCCCC1. The standard InChI is InChI=1S/C18H29N3O2S.ClH/c22-17(8-5-10-21-18(23)15-9-13-24-14-15)20-12-11-19-16-6-3-1-2-4-7-16;/h9,13-14,16,19H,1-8,10-12H2,(H,20,22)(H,21,23);1H. The van der Waals surface area contributed by atoms with Crippen molar-refractivity contribution in [2.75, 3.05) is 19.6 Å². The van der Waals surface area contributed by atoms with Crippen LogP contribution in [-0.4, -0.2) is 37.5 Å². The van der Waals surface area contributed by atoms with Crippen molar-refractivity contribution in [3.05, 3.63) is 22.4 Å². The summed E-state index contributed by atoms with van der Waals surface area (Å²) in [4.78, 5) is 23.5. The Hall–Kier alpha value is -1.11. The van der Waals surface area contributed by atoms with Crippen molar-refractivity contribution in [2.24, 2.45) is 0 Å². The fourth-order valence-electron chi connectivity index (χ4n) is 3.00. The fraction of sp³-hybridized carbons (Fsp3) is 0.667. The molecule has 2 rings (SSSR count). The Morgan fingerprint density at radius 1 is 1.04 bits per heavy atom. The molecule has 25 heavy (non-hydrogen) atoms. The zero-order chi connectivity index (χ0) is 17.0. The second-order valence-corrected chi connectivity index (χ2v) is 7.14. The molecule has 1 aliphatic rings. The molecule has 0 bridgehead atoms. The average Bonchev–Trinajstić information content (AvgIpc) is 3.00. The Bertz CT molecular complexity index is 489. The molecule has 0 aliphatic heterocycles. The lowest BCUT2D eigenvalue weighted by Gasteiger charge is -2.16. The molecule has 0 spiro atoms. The molecule has 0 unspecified atom stereocenters. The lowest BCUT2D eigenvalue weighted by Crippen LogP contribution is -2.37. The maximum absolute atomic E-state index is 11.8. The van der Waals surface area contributed by atoms with Gasteiger partial charge in [0.1, 0.15) is 0 Å². The van der Waals surface area contributed by atoms with Crippen LogP contribution in [-0.2, 0) is 4.79 Å². The maximum Gasteiger partial charge on any atom is 0.252 e. The summed E-state index contributed by atoms with van der Waals surface area (Å²) in [6.07, 6.45) is 9.00. The second kappa shape index (κ2) is 13.1. The molecule has 3 N–H and O–H groups in total. The van der Waals surface area contributed by atoms with E-state index < -0.39 is 0 Å². The van der Waals surface area contributed by atoms with Crippen LogP contribution in [0.5, 0.6) is 0 Å². The number of rotatable bonds is 9. The third-order valence-corrected chi connectivity index (χ3v) is 5.07. The maximum atomic E-state index is 11.8. The third kappa shape index (κ3) is 9.23. The molecular formula is C18H30ClN3O2S. The first-order valence-corrected chi connectivity index (χ1v) is 10.0. The topological polar surface area (TPSA) is 70.2 Å². The zero-order valence-electron chi connectivity index (χ0n) is 14.7. The van der Waals surface area contributed by atoms with Gasteiger partial charge in [-0.15, -0.1) is 12.4 Å². The number of amides is 2. The summed E-state index contributed by atoms with van der Waals surface area (Å²) in [5.74, 6) is -0.00768. The molecule has 0 saturated heterocycles. The van der Waals surface area contributed by atoms with Gasteiger partial charge in [-0.2, -0.15) is 11.3 Å². The highest BCUT2D eigenvalue weighted by atomic mass is 35.5. The van der Waals surface area contributed by atoms with Crippen molar-refractivity contribution in [1.82, 2.24) is 16.0 Å². The highest BCUT2D eigenvalue weighted by molar-refractivity contribution is 7.08. The number of hydrogen-bond acceptors (Lipinski definition) is 4. The van der Waals surface area contributed by atoms with Gasteiger partial charge in [-0.1, -0.05) is 25.7 Å². The summed E-state index contributed by atoms with van der Waals surface area (Å²) in [5.41, 5.74) is 0.689. The van der Waals surface area contributed by atoms with Crippen LogP contribution < -0.4 is 16.0 Å². The largest absolute Gasteiger partial charge is 0.355 e. The van der Waals surface area contributed by atoms with E-state index >= 15 is 0 Å². The first-order valence-electron chi connectivity index (χ1n) is 9.06. The van der Waals surface area contributed by atoms with E-state index in [4.69, 9.17) is 0 Å². The van der Waals surface area contributed by atoms with Crippen molar-refractivity contribution in [3.8, 4) is 0 Å². The van der Waals surface area contributed by atoms with Crippen LogP contribution >= 0.6 is 23.7 Å². The Morgan fingerprint density at radius 2 is 1.80 bits per heavy atom. The van der Waals surface area contributed by atoms with Crippen LogP contribution in [0.1, 0.15) is 61.7 Å². The average molecular weight is 388 g/mol. The predicted molar refractivity (Wildman–Crippen MR) is 106 cm³/mol. The molecule has 1 aliphatic carbocycles. The van der Waals surface area contributed by atoms with Crippen molar-refractivity contribution < 1.29 is 9.59 Å². The van der Waals surface area contributed by atoms with Gasteiger partial charge in [-0.3, -0.25) is 9.59 Å². The van der Waals surface area contributed by atoms with Crippen LogP contribution in [0.15, 0.2) is 16.8 Å². The third-order valence-electron chi connectivity index (χ3n) is 4.38. The molecule has 1 aromatic rings. The molecule has 1 saturated carbocycles. The van der Waals surface area contributed by atoms with E-state index in [2.05, 4.69) is 16.0 Å². The van der Waals surface area contributed by atoms with E-state index in [1.807, 2.05) is 10.8 Å². The lowest BCUT2D eigenvalue weighted by atomic mass is 10.1. The summed E-state index contributed by atoms with van der Waals surface area (Å²) in [7, 11) is 0. The first kappa shape index (κ1) is 21.9. The van der Waals surface area contributed by atoms with E-state index in [9.17, 15) is 9.59 Å². The molecule has 2 amide bonds. The van der Waals surface area contributed by atoms with Crippen molar-refractivity contribution in [3.63, 3.8) is 0 Å². The minimum absolute atomic E-state index is 0. The van der Waals surface area contributed by atoms with Gasteiger partial charge in [0.2, 0.25) is 5.91 Å². The molecule has 0 aromatic carbocycles. The summed E-state index contributed by atoms with van der Waals surface area (Å²) in [6.45, 7) is 2.05. The Balaban J connectivity index is 0.00000312. The number of hydrogen-bond donors (Lipinski definition) is 3. The normalized spacial score (nSPS) is 15.0. The van der Waals surface area contributed by atoms with Gasteiger partial charge in [-0.05, 0) is 30.7 Å². The van der Waals surface area contributed by atoms with E-state index in [1.54, 1.807) is 6.07 Å². The van der Waals surface area contributed by atoms with Crippen LogP contribution in [0.2, 0.25) is 0 Å². The number of carbonyl (C=O) groups is 2. The number of carbonyl (C=O) groups excluding carboxylic acids is 2. The molecule has 5 nitrogen and oxygen atoms in total. The monoisotopic (exact) mass is 387 g/mol. The Morgan fingerprint density at radius 3 is 2.48 bits per heavy atom. The molecule has 1 fully saturated rings. The Kier molecular flexibility index (Phi) is 11.5. The summed E-state index contributed by atoms with van der Waals surface area (Å²) in [5, 5.41) is 13.0. The van der Waals surface area contributed by atoms with Gasteiger partial charge < -0.3 is 16.0 Å². The van der Waals surface area contributed by atoms with Crippen molar-refractivity contribution >= 4 is 35.6 Å². The highest BCUT2D eigenvalue weighted by Crippen LogP contribution is 2.16. The fourth-order valence-corrected chi connectivity index (χ4v) is 3.63. The smallest absolute Gasteiger partial charge is 0.252 e. The van der Waals surface area contributed by atoms with E-state index in [0.29, 0.717) is 37.5 Å². The lowest BCUT2D eigenvalue weighted by molar-refractivity contribution is -0.121. The van der Waals surface area contributed by atoms with Gasteiger partial charge in [0.15, 0.2) is 0 Å². The van der Waals surface area contributed by atoms with Gasteiger partial charge in [-0.25, -0.2) is 0 Å². The molecule has 1 heterocycles. The van der Waals surface area contributed by atoms with Gasteiger partial charge in [0.25, 0.3) is 5.91 Å². The molecule has 142 valence electrons. The number of halogens is 1. The predicted octanol–water partition coefficient (Wildman–Crippen LogP) is 3.11. The highest BCUT2D eigenvalue weighted by Gasteiger charge is 2.11.